The summed E-state index contributed by atoms with van der Waals surface area (Å²) in [5, 5.41) is 17.7. The molecule has 5 rings (SSSR count). The van der Waals surface area contributed by atoms with Crippen molar-refractivity contribution < 1.29 is 0 Å². The van der Waals surface area contributed by atoms with Gasteiger partial charge in [0.25, 0.3) is 0 Å². The summed E-state index contributed by atoms with van der Waals surface area (Å²) in [6.07, 6.45) is 7.30. The van der Waals surface area contributed by atoms with Gasteiger partial charge in [-0.15, -0.1) is 10.2 Å². The molecule has 2 aliphatic carbocycles. The Morgan fingerprint density at radius 1 is 1.00 bits per heavy atom. The van der Waals surface area contributed by atoms with E-state index in [1.807, 2.05) is 0 Å². The molecule has 0 spiro atoms. The lowest BCUT2D eigenvalue weighted by molar-refractivity contribution is 0.485. The highest BCUT2D eigenvalue weighted by Gasteiger charge is 2.33. The van der Waals surface area contributed by atoms with Crippen LogP contribution in [0.5, 0.6) is 0 Å². The molecule has 1 saturated carbocycles. The Morgan fingerprint density at radius 2 is 1.84 bits per heavy atom. The van der Waals surface area contributed by atoms with Crippen molar-refractivity contribution in [3.63, 3.8) is 0 Å². The van der Waals surface area contributed by atoms with Gasteiger partial charge in [0.2, 0.25) is 0 Å². The van der Waals surface area contributed by atoms with E-state index in [0.29, 0.717) is 12.0 Å². The minimum atomic E-state index is 0.457. The minimum Gasteiger partial charge on any atom is -0.352 e. The van der Waals surface area contributed by atoms with Crippen molar-refractivity contribution in [3.8, 4) is 0 Å². The van der Waals surface area contributed by atoms with Gasteiger partial charge in [-0.05, 0) is 62.3 Å². The van der Waals surface area contributed by atoms with Crippen molar-refractivity contribution in [3.05, 3.63) is 35.2 Å². The fraction of sp³-hybridized carbons (Fsp3) is 0.579. The van der Waals surface area contributed by atoms with Crippen LogP contribution < -0.4 is 9.80 Å². The zero-order valence-electron chi connectivity index (χ0n) is 14.7. The average Bonchev–Trinajstić information content (AvgIpc) is 3.45. The van der Waals surface area contributed by atoms with E-state index < -0.39 is 0 Å². The lowest BCUT2D eigenvalue weighted by Gasteiger charge is -2.44. The fourth-order valence-corrected chi connectivity index (χ4v) is 3.83. The summed E-state index contributed by atoms with van der Waals surface area (Å²) in [6, 6.07) is 6.96. The first-order chi connectivity index (χ1) is 12.3. The van der Waals surface area contributed by atoms with Crippen molar-refractivity contribution in [2.24, 2.45) is 0 Å². The predicted octanol–water partition coefficient (Wildman–Crippen LogP) is 2.35. The topological polar surface area (TPSA) is 58.0 Å². The van der Waals surface area contributed by atoms with Gasteiger partial charge < -0.3 is 9.80 Å². The molecule has 0 N–H and O–H groups in total. The fourth-order valence-electron chi connectivity index (χ4n) is 3.83. The van der Waals surface area contributed by atoms with E-state index in [1.54, 1.807) is 0 Å². The van der Waals surface area contributed by atoms with Crippen LogP contribution in [0, 0.1) is 0 Å². The summed E-state index contributed by atoms with van der Waals surface area (Å²) in [6.45, 7) is 1.94. The van der Waals surface area contributed by atoms with E-state index in [-0.39, 0.29) is 0 Å². The zero-order valence-corrected chi connectivity index (χ0v) is 14.7. The first kappa shape index (κ1) is 15.0. The Hall–Kier alpha value is -2.24. The monoisotopic (exact) mass is 336 g/mol. The molecule has 2 aromatic heterocycles. The number of anilines is 2. The number of fused-ring (bicyclic) bond motifs is 1. The molecule has 0 bridgehead atoms. The molecule has 3 aliphatic rings. The van der Waals surface area contributed by atoms with E-state index in [4.69, 9.17) is 0 Å². The number of hydrogen-bond donors (Lipinski definition) is 0. The van der Waals surface area contributed by atoms with Gasteiger partial charge in [-0.2, -0.15) is 10.2 Å². The van der Waals surface area contributed by atoms with Crippen molar-refractivity contribution in [2.75, 3.05) is 29.9 Å². The second kappa shape index (κ2) is 5.93. The van der Waals surface area contributed by atoms with Crippen LogP contribution in [-0.4, -0.2) is 46.6 Å². The predicted molar refractivity (Wildman–Crippen MR) is 97.1 cm³/mol. The average molecular weight is 336 g/mol. The van der Waals surface area contributed by atoms with Crippen molar-refractivity contribution >= 4 is 11.6 Å². The Bertz CT molecular complexity index is 764. The van der Waals surface area contributed by atoms with Gasteiger partial charge in [0, 0.05) is 26.1 Å². The van der Waals surface area contributed by atoms with Crippen molar-refractivity contribution in [1.82, 2.24) is 20.4 Å². The van der Waals surface area contributed by atoms with Crippen LogP contribution >= 0.6 is 0 Å². The van der Waals surface area contributed by atoms with Gasteiger partial charge in [0.05, 0.1) is 17.4 Å². The van der Waals surface area contributed by atoms with Crippen LogP contribution in [0.15, 0.2) is 18.2 Å². The molecule has 6 heteroatoms. The van der Waals surface area contributed by atoms with E-state index >= 15 is 0 Å². The van der Waals surface area contributed by atoms with Gasteiger partial charge in [-0.3, -0.25) is 0 Å². The summed E-state index contributed by atoms with van der Waals surface area (Å²) in [5.74, 6) is 2.65. The molecule has 3 heterocycles. The summed E-state index contributed by atoms with van der Waals surface area (Å²) in [5.41, 5.74) is 3.75. The maximum absolute atomic E-state index is 4.45. The number of nitrogens with zero attached hydrogens (tertiary/aromatic N) is 6. The molecule has 0 amide bonds. The number of hydrogen-bond acceptors (Lipinski definition) is 6. The number of aromatic nitrogens is 4. The highest BCUT2D eigenvalue weighted by Crippen LogP contribution is 2.38. The van der Waals surface area contributed by atoms with Crippen molar-refractivity contribution in [1.29, 1.82) is 0 Å². The molecule has 1 aliphatic heterocycles. The smallest absolute Gasteiger partial charge is 0.151 e. The zero-order chi connectivity index (χ0) is 16.8. The molecule has 0 unspecified atom stereocenters. The molecule has 2 fully saturated rings. The number of aryl methyl sites for hydroxylation is 2. The Kier molecular flexibility index (Phi) is 3.57. The molecule has 2 aromatic rings. The number of likely N-dealkylation sites (N-methyl/N-ethyl adjacent to an activating group) is 1. The third-order valence-corrected chi connectivity index (χ3v) is 5.82. The second-order valence-electron chi connectivity index (χ2n) is 7.64. The van der Waals surface area contributed by atoms with E-state index in [2.05, 4.69) is 55.4 Å². The standard InChI is InChI=1S/C19H24N6/c1-24(18-9-8-17(21-22-18)13-6-7-13)15-11-25(12-15)19-10-14-4-2-3-5-16(14)20-23-19/h8-10,13,15H,2-7,11-12H2,1H3. The summed E-state index contributed by atoms with van der Waals surface area (Å²) in [7, 11) is 2.11. The van der Waals surface area contributed by atoms with Gasteiger partial charge in [0.1, 0.15) is 0 Å². The van der Waals surface area contributed by atoms with E-state index in [0.717, 1.165) is 43.3 Å². The Morgan fingerprint density at radius 3 is 2.60 bits per heavy atom. The maximum atomic E-state index is 4.45. The molecular formula is C19H24N6. The first-order valence-corrected chi connectivity index (χ1v) is 9.45. The SMILES string of the molecule is CN(c1ccc(C2CC2)nn1)C1CN(c2cc3c(nn2)CCCC3)C1. The van der Waals surface area contributed by atoms with E-state index in [1.165, 1.54) is 36.9 Å². The highest BCUT2D eigenvalue weighted by atomic mass is 15.4. The molecule has 0 aromatic carbocycles. The third-order valence-electron chi connectivity index (χ3n) is 5.82. The van der Waals surface area contributed by atoms with Gasteiger partial charge >= 0.3 is 0 Å². The van der Waals surface area contributed by atoms with Crippen LogP contribution in [0.25, 0.3) is 0 Å². The summed E-state index contributed by atoms with van der Waals surface area (Å²) < 4.78 is 0. The summed E-state index contributed by atoms with van der Waals surface area (Å²) >= 11 is 0. The van der Waals surface area contributed by atoms with Gasteiger partial charge in [-0.25, -0.2) is 0 Å². The molecule has 6 nitrogen and oxygen atoms in total. The molecule has 130 valence electrons. The second-order valence-corrected chi connectivity index (χ2v) is 7.64. The lowest BCUT2D eigenvalue weighted by Crippen LogP contribution is -2.59. The third kappa shape index (κ3) is 2.83. The molecular weight excluding hydrogens is 312 g/mol. The quantitative estimate of drug-likeness (QED) is 0.854. The highest BCUT2D eigenvalue weighted by molar-refractivity contribution is 5.49. The van der Waals surface area contributed by atoms with Crippen molar-refractivity contribution in [2.45, 2.75) is 50.5 Å². The first-order valence-electron chi connectivity index (χ1n) is 9.45. The normalized spacial score (nSPS) is 20.1. The Balaban J connectivity index is 1.23. The van der Waals surface area contributed by atoms with Crippen LogP contribution in [0.1, 0.15) is 48.6 Å². The molecule has 1 saturated heterocycles. The van der Waals surface area contributed by atoms with Gasteiger partial charge in [-0.1, -0.05) is 0 Å². The molecule has 0 radical (unpaired) electrons. The van der Waals surface area contributed by atoms with Gasteiger partial charge in [0.15, 0.2) is 11.6 Å². The lowest BCUT2D eigenvalue weighted by atomic mass is 9.96. The van der Waals surface area contributed by atoms with E-state index in [9.17, 15) is 0 Å². The maximum Gasteiger partial charge on any atom is 0.151 e. The van der Waals surface area contributed by atoms with Crippen LogP contribution in [0.3, 0.4) is 0 Å². The minimum absolute atomic E-state index is 0.457. The molecule has 25 heavy (non-hydrogen) atoms. The summed E-state index contributed by atoms with van der Waals surface area (Å²) in [4.78, 5) is 4.56. The number of rotatable bonds is 4. The largest absolute Gasteiger partial charge is 0.352 e. The molecule has 0 atom stereocenters. The Labute approximate surface area is 148 Å². The van der Waals surface area contributed by atoms with Crippen LogP contribution in [0.2, 0.25) is 0 Å². The van der Waals surface area contributed by atoms with Crippen LogP contribution in [0.4, 0.5) is 11.6 Å². The van der Waals surface area contributed by atoms with Crippen LogP contribution in [-0.2, 0) is 12.8 Å².